The summed E-state index contributed by atoms with van der Waals surface area (Å²) in [6.07, 6.45) is 9.21. The lowest BCUT2D eigenvalue weighted by Crippen LogP contribution is -2.20. The summed E-state index contributed by atoms with van der Waals surface area (Å²) in [6.45, 7) is 6.68. The van der Waals surface area contributed by atoms with E-state index in [2.05, 4.69) is 20.8 Å². The van der Waals surface area contributed by atoms with Gasteiger partial charge in [-0.3, -0.25) is 9.59 Å². The maximum atomic E-state index is 12.2. The molecule has 1 aliphatic carbocycles. The van der Waals surface area contributed by atoms with Gasteiger partial charge in [-0.25, -0.2) is 0 Å². The molecule has 0 heterocycles. The van der Waals surface area contributed by atoms with Gasteiger partial charge in [0, 0.05) is 29.8 Å². The Morgan fingerprint density at radius 1 is 1.19 bits per heavy atom. The fourth-order valence-corrected chi connectivity index (χ4v) is 5.05. The number of carbonyl (C=O) groups is 2. The molecule has 0 radical (unpaired) electrons. The molecule has 2 N–H and O–H groups in total. The Labute approximate surface area is 163 Å². The van der Waals surface area contributed by atoms with Gasteiger partial charge in [-0.05, 0) is 37.5 Å². The number of carboxylic acid groups (broad SMARTS) is 1. The van der Waals surface area contributed by atoms with Crippen molar-refractivity contribution in [1.29, 1.82) is 0 Å². The fraction of sp³-hybridized carbons (Fsp3) is 0.905. The van der Waals surface area contributed by atoms with Crippen LogP contribution in [0.2, 0.25) is 0 Å². The highest BCUT2D eigenvalue weighted by Gasteiger charge is 2.34. The minimum absolute atomic E-state index is 0.140. The normalized spacial score (nSPS) is 21.9. The number of ketones is 1. The molecule has 1 fully saturated rings. The molecule has 0 aromatic heterocycles. The lowest BCUT2D eigenvalue weighted by Gasteiger charge is -2.21. The Kier molecular flexibility index (Phi) is 10.9. The Balaban J connectivity index is 2.21. The minimum atomic E-state index is -0.728. The van der Waals surface area contributed by atoms with Gasteiger partial charge in [0.25, 0.3) is 0 Å². The van der Waals surface area contributed by atoms with Crippen molar-refractivity contribution < 1.29 is 19.8 Å². The van der Waals surface area contributed by atoms with Crippen LogP contribution in [0, 0.1) is 11.3 Å². The molecular weight excluding hydrogens is 348 g/mol. The Bertz CT molecular complexity index is 430. The monoisotopic (exact) mass is 386 g/mol. The lowest BCUT2D eigenvalue weighted by atomic mass is 9.89. The standard InChI is InChI=1S/C21H38O4S/c1-21(2,3)14-8-9-16(22)15-26-19-13-12-18(23)17(19)10-6-4-5-7-11-20(24)25/h16-17,19,22H,4-15H2,1-3H3,(H,24,25). The Morgan fingerprint density at radius 3 is 2.54 bits per heavy atom. The first-order valence-electron chi connectivity index (χ1n) is 10.2. The van der Waals surface area contributed by atoms with E-state index in [-0.39, 0.29) is 18.4 Å². The number of Topliss-reactive ketones (excluding diaryl/α,β-unsaturated/α-hetero) is 1. The molecule has 1 saturated carbocycles. The predicted octanol–water partition coefficient (Wildman–Crippen LogP) is 5.07. The average molecular weight is 387 g/mol. The molecule has 26 heavy (non-hydrogen) atoms. The number of aliphatic hydroxyl groups excluding tert-OH is 1. The zero-order chi connectivity index (χ0) is 19.6. The van der Waals surface area contributed by atoms with E-state index >= 15 is 0 Å². The first kappa shape index (κ1) is 23.5. The van der Waals surface area contributed by atoms with Crippen molar-refractivity contribution in [3.63, 3.8) is 0 Å². The summed E-state index contributed by atoms with van der Waals surface area (Å²) in [5, 5.41) is 19.2. The van der Waals surface area contributed by atoms with Crippen LogP contribution in [0.3, 0.4) is 0 Å². The average Bonchev–Trinajstić information content (AvgIpc) is 2.87. The smallest absolute Gasteiger partial charge is 0.303 e. The highest BCUT2D eigenvalue weighted by molar-refractivity contribution is 8.00. The SMILES string of the molecule is CC(C)(C)CCCC(O)CSC1CCC(=O)C1CCCCCCC(=O)O. The minimum Gasteiger partial charge on any atom is -0.481 e. The zero-order valence-electron chi connectivity index (χ0n) is 16.8. The van der Waals surface area contributed by atoms with Crippen molar-refractivity contribution in [1.82, 2.24) is 0 Å². The molecule has 4 nitrogen and oxygen atoms in total. The van der Waals surface area contributed by atoms with E-state index in [9.17, 15) is 14.7 Å². The molecule has 1 rings (SSSR count). The predicted molar refractivity (Wildman–Crippen MR) is 109 cm³/mol. The topological polar surface area (TPSA) is 74.6 Å². The van der Waals surface area contributed by atoms with E-state index < -0.39 is 5.97 Å². The van der Waals surface area contributed by atoms with Crippen molar-refractivity contribution in [2.24, 2.45) is 11.3 Å². The molecule has 3 unspecified atom stereocenters. The number of unbranched alkanes of at least 4 members (excludes halogenated alkanes) is 3. The number of carbonyl (C=O) groups excluding carboxylic acids is 1. The van der Waals surface area contributed by atoms with Gasteiger partial charge in [-0.2, -0.15) is 11.8 Å². The quantitative estimate of drug-likeness (QED) is 0.432. The first-order chi connectivity index (χ1) is 12.2. The second-order valence-corrected chi connectivity index (χ2v) is 10.2. The lowest BCUT2D eigenvalue weighted by molar-refractivity contribution is -0.137. The van der Waals surface area contributed by atoms with E-state index in [1.54, 1.807) is 11.8 Å². The van der Waals surface area contributed by atoms with Gasteiger partial charge >= 0.3 is 5.97 Å². The van der Waals surface area contributed by atoms with E-state index in [0.29, 0.717) is 22.9 Å². The van der Waals surface area contributed by atoms with E-state index in [0.717, 1.165) is 63.5 Å². The molecule has 3 atom stereocenters. The molecule has 0 aromatic rings. The summed E-state index contributed by atoms with van der Waals surface area (Å²) in [5.74, 6) is 0.530. The summed E-state index contributed by atoms with van der Waals surface area (Å²) in [7, 11) is 0. The van der Waals surface area contributed by atoms with Crippen LogP contribution in [0.4, 0.5) is 0 Å². The molecule has 0 amide bonds. The largest absolute Gasteiger partial charge is 0.481 e. The molecule has 1 aliphatic rings. The summed E-state index contributed by atoms with van der Waals surface area (Å²) < 4.78 is 0. The summed E-state index contributed by atoms with van der Waals surface area (Å²) in [6, 6.07) is 0. The molecular formula is C21H38O4S. The van der Waals surface area contributed by atoms with Crippen molar-refractivity contribution in [3.8, 4) is 0 Å². The second kappa shape index (κ2) is 12.0. The van der Waals surface area contributed by atoms with Gasteiger partial charge < -0.3 is 10.2 Å². The van der Waals surface area contributed by atoms with Gasteiger partial charge in [0.2, 0.25) is 0 Å². The molecule has 152 valence electrons. The Hall–Kier alpha value is -0.550. The fourth-order valence-electron chi connectivity index (χ4n) is 3.60. The van der Waals surface area contributed by atoms with Crippen LogP contribution in [0.5, 0.6) is 0 Å². The summed E-state index contributed by atoms with van der Waals surface area (Å²) >= 11 is 1.79. The maximum absolute atomic E-state index is 12.2. The van der Waals surface area contributed by atoms with E-state index in [4.69, 9.17) is 5.11 Å². The third-order valence-corrected chi connectivity index (χ3v) is 6.73. The van der Waals surface area contributed by atoms with Gasteiger partial charge in [-0.1, -0.05) is 46.5 Å². The number of aliphatic carboxylic acids is 1. The number of carboxylic acids is 1. The highest BCUT2D eigenvalue weighted by Crippen LogP contribution is 2.36. The van der Waals surface area contributed by atoms with Gasteiger partial charge in [0.05, 0.1) is 6.10 Å². The molecule has 5 heteroatoms. The van der Waals surface area contributed by atoms with Crippen molar-refractivity contribution in [3.05, 3.63) is 0 Å². The van der Waals surface area contributed by atoms with Crippen molar-refractivity contribution in [2.45, 2.75) is 103 Å². The van der Waals surface area contributed by atoms with Crippen LogP contribution in [-0.2, 0) is 9.59 Å². The number of aliphatic hydroxyl groups is 1. The van der Waals surface area contributed by atoms with Crippen LogP contribution in [0.15, 0.2) is 0 Å². The van der Waals surface area contributed by atoms with Crippen LogP contribution in [0.1, 0.15) is 91.4 Å². The van der Waals surface area contributed by atoms with Crippen LogP contribution in [-0.4, -0.2) is 39.1 Å². The van der Waals surface area contributed by atoms with Crippen molar-refractivity contribution >= 4 is 23.5 Å². The second-order valence-electron chi connectivity index (χ2n) is 8.94. The number of hydrogen-bond acceptors (Lipinski definition) is 4. The zero-order valence-corrected chi connectivity index (χ0v) is 17.7. The highest BCUT2D eigenvalue weighted by atomic mass is 32.2. The molecule has 0 bridgehead atoms. The molecule has 0 aromatic carbocycles. The van der Waals surface area contributed by atoms with Gasteiger partial charge in [0.15, 0.2) is 0 Å². The third-order valence-electron chi connectivity index (χ3n) is 5.16. The van der Waals surface area contributed by atoms with Crippen molar-refractivity contribution in [2.75, 3.05) is 5.75 Å². The van der Waals surface area contributed by atoms with Gasteiger partial charge in [-0.15, -0.1) is 0 Å². The van der Waals surface area contributed by atoms with Crippen LogP contribution >= 0.6 is 11.8 Å². The van der Waals surface area contributed by atoms with Crippen LogP contribution < -0.4 is 0 Å². The first-order valence-corrected chi connectivity index (χ1v) is 11.3. The van der Waals surface area contributed by atoms with E-state index in [1.165, 1.54) is 0 Å². The Morgan fingerprint density at radius 2 is 1.88 bits per heavy atom. The number of hydrogen-bond donors (Lipinski definition) is 2. The number of thioether (sulfide) groups is 1. The van der Waals surface area contributed by atoms with Crippen LogP contribution in [0.25, 0.3) is 0 Å². The van der Waals surface area contributed by atoms with Gasteiger partial charge in [0.1, 0.15) is 5.78 Å². The number of rotatable bonds is 13. The maximum Gasteiger partial charge on any atom is 0.303 e. The summed E-state index contributed by atoms with van der Waals surface area (Å²) in [5.41, 5.74) is 0.320. The molecule has 0 spiro atoms. The molecule has 0 saturated heterocycles. The third kappa shape index (κ3) is 10.6. The summed E-state index contributed by atoms with van der Waals surface area (Å²) in [4.78, 5) is 22.7. The molecule has 0 aliphatic heterocycles. The van der Waals surface area contributed by atoms with E-state index in [1.807, 2.05) is 0 Å².